The number of halogens is 2. The molecule has 28 heavy (non-hydrogen) atoms. The Balaban J connectivity index is 1.93. The van der Waals surface area contributed by atoms with Crippen molar-refractivity contribution >= 4 is 41.0 Å². The first-order chi connectivity index (χ1) is 13.5. The van der Waals surface area contributed by atoms with Crippen molar-refractivity contribution in [3.8, 4) is 11.5 Å². The van der Waals surface area contributed by atoms with Crippen LogP contribution in [0.15, 0.2) is 41.6 Å². The molecular formula is C20H22Cl2N2O4. The number of hydrogen-bond acceptors (Lipinski definition) is 5. The molecule has 0 unspecified atom stereocenters. The fourth-order valence-corrected chi connectivity index (χ4v) is 2.59. The second-order valence-corrected chi connectivity index (χ2v) is 6.52. The van der Waals surface area contributed by atoms with Crippen LogP contribution < -0.4 is 14.8 Å². The fraction of sp³-hybridized carbons (Fsp3) is 0.300. The molecule has 0 aromatic heterocycles. The van der Waals surface area contributed by atoms with Gasteiger partial charge in [-0.3, -0.25) is 4.79 Å². The maximum atomic E-state index is 11.8. The van der Waals surface area contributed by atoms with E-state index < -0.39 is 0 Å². The minimum absolute atomic E-state index is 0.233. The molecular weight excluding hydrogens is 403 g/mol. The van der Waals surface area contributed by atoms with E-state index in [-0.39, 0.29) is 12.5 Å². The number of benzene rings is 2. The highest BCUT2D eigenvalue weighted by Crippen LogP contribution is 2.36. The van der Waals surface area contributed by atoms with Crippen LogP contribution in [0.2, 0.25) is 10.0 Å². The average molecular weight is 425 g/mol. The highest BCUT2D eigenvalue weighted by molar-refractivity contribution is 6.32. The number of carbonyl (C=O) groups is 1. The van der Waals surface area contributed by atoms with Gasteiger partial charge in [0.05, 0.1) is 24.5 Å². The van der Waals surface area contributed by atoms with Crippen LogP contribution in [0.1, 0.15) is 25.8 Å². The summed E-state index contributed by atoms with van der Waals surface area (Å²) < 4.78 is 11.2. The van der Waals surface area contributed by atoms with E-state index in [9.17, 15) is 4.79 Å². The van der Waals surface area contributed by atoms with Gasteiger partial charge in [0.25, 0.3) is 5.91 Å². The molecule has 0 saturated heterocycles. The van der Waals surface area contributed by atoms with Gasteiger partial charge < -0.3 is 19.6 Å². The highest BCUT2D eigenvalue weighted by atomic mass is 35.5. The number of nitrogens with one attached hydrogen (secondary N) is 1. The lowest BCUT2D eigenvalue weighted by Crippen LogP contribution is -2.16. The zero-order valence-corrected chi connectivity index (χ0v) is 17.2. The first kappa shape index (κ1) is 21.9. The highest BCUT2D eigenvalue weighted by Gasteiger charge is 2.12. The van der Waals surface area contributed by atoms with Crippen molar-refractivity contribution in [2.45, 2.75) is 20.3 Å². The Morgan fingerprint density at radius 2 is 1.89 bits per heavy atom. The maximum absolute atomic E-state index is 11.8. The third-order valence-electron chi connectivity index (χ3n) is 3.38. The van der Waals surface area contributed by atoms with Crippen LogP contribution >= 0.6 is 23.2 Å². The third kappa shape index (κ3) is 6.94. The zero-order valence-electron chi connectivity index (χ0n) is 15.7. The quantitative estimate of drug-likeness (QED) is 0.421. The van der Waals surface area contributed by atoms with Crippen LogP contribution in [0.5, 0.6) is 11.5 Å². The lowest BCUT2D eigenvalue weighted by molar-refractivity contribution is -0.120. The number of ether oxygens (including phenoxy) is 2. The van der Waals surface area contributed by atoms with Gasteiger partial charge in [-0.15, -0.1) is 0 Å². The number of hydrogen-bond donors (Lipinski definition) is 1. The summed E-state index contributed by atoms with van der Waals surface area (Å²) in [6, 6.07) is 10.2. The second-order valence-electron chi connectivity index (χ2n) is 5.67. The Kier molecular flexibility index (Phi) is 8.91. The minimum atomic E-state index is -0.337. The van der Waals surface area contributed by atoms with Gasteiger partial charge in [-0.05, 0) is 49.7 Å². The molecule has 0 atom stereocenters. The molecule has 0 spiro atoms. The summed E-state index contributed by atoms with van der Waals surface area (Å²) in [6.07, 6.45) is 2.31. The minimum Gasteiger partial charge on any atom is -0.490 e. The van der Waals surface area contributed by atoms with Crippen LogP contribution in [0.25, 0.3) is 0 Å². The van der Waals surface area contributed by atoms with E-state index in [0.29, 0.717) is 46.0 Å². The predicted octanol–water partition coefficient (Wildman–Crippen LogP) is 5.17. The van der Waals surface area contributed by atoms with Gasteiger partial charge in [-0.2, -0.15) is 0 Å². The molecule has 2 aromatic rings. The van der Waals surface area contributed by atoms with E-state index in [1.165, 1.54) is 6.21 Å². The normalized spacial score (nSPS) is 10.7. The molecule has 8 heteroatoms. The number of oxime groups is 1. The van der Waals surface area contributed by atoms with Crippen LogP contribution in [0.3, 0.4) is 0 Å². The molecule has 0 saturated carbocycles. The largest absolute Gasteiger partial charge is 0.490 e. The van der Waals surface area contributed by atoms with Gasteiger partial charge in [-0.25, -0.2) is 0 Å². The molecule has 0 fully saturated rings. The summed E-state index contributed by atoms with van der Waals surface area (Å²) in [7, 11) is 0. The monoisotopic (exact) mass is 424 g/mol. The molecule has 1 N–H and O–H groups in total. The SMILES string of the molecule is CCCOc1c(Cl)cc(/C=N/OCC(=O)Nc2ccc(Cl)cc2)cc1OCC. The molecule has 0 heterocycles. The molecule has 0 aliphatic rings. The lowest BCUT2D eigenvalue weighted by atomic mass is 10.2. The standard InChI is InChI=1S/C20H22Cl2N2O4/c1-3-9-27-20-17(22)10-14(11-18(20)26-4-2)12-23-28-13-19(25)24-16-7-5-15(21)6-8-16/h5-8,10-12H,3-4,9,13H2,1-2H3,(H,24,25)/b23-12+. The van der Waals surface area contributed by atoms with E-state index in [1.54, 1.807) is 36.4 Å². The van der Waals surface area contributed by atoms with E-state index in [1.807, 2.05) is 13.8 Å². The fourth-order valence-electron chi connectivity index (χ4n) is 2.19. The Morgan fingerprint density at radius 1 is 1.14 bits per heavy atom. The van der Waals surface area contributed by atoms with Gasteiger partial charge in [-0.1, -0.05) is 35.3 Å². The number of amides is 1. The molecule has 6 nitrogen and oxygen atoms in total. The maximum Gasteiger partial charge on any atom is 0.265 e. The molecule has 0 bridgehead atoms. The van der Waals surface area contributed by atoms with Crippen LogP contribution in [0.4, 0.5) is 5.69 Å². The van der Waals surface area contributed by atoms with Crippen molar-refractivity contribution in [1.29, 1.82) is 0 Å². The smallest absolute Gasteiger partial charge is 0.265 e. The lowest BCUT2D eigenvalue weighted by Gasteiger charge is -2.13. The van der Waals surface area contributed by atoms with Crippen LogP contribution in [-0.4, -0.2) is 31.9 Å². The van der Waals surface area contributed by atoms with Crippen molar-refractivity contribution < 1.29 is 19.1 Å². The van der Waals surface area contributed by atoms with Gasteiger partial charge >= 0.3 is 0 Å². The molecule has 1 amide bonds. The number of anilines is 1. The molecule has 2 aromatic carbocycles. The summed E-state index contributed by atoms with van der Waals surface area (Å²) in [4.78, 5) is 16.9. The summed E-state index contributed by atoms with van der Waals surface area (Å²) in [6.45, 7) is 4.67. The van der Waals surface area contributed by atoms with E-state index in [2.05, 4.69) is 10.5 Å². The Bertz CT molecular complexity index is 811. The molecule has 2 rings (SSSR count). The Morgan fingerprint density at radius 3 is 2.57 bits per heavy atom. The van der Waals surface area contributed by atoms with Gasteiger partial charge in [0.1, 0.15) is 0 Å². The first-order valence-electron chi connectivity index (χ1n) is 8.83. The zero-order chi connectivity index (χ0) is 20.4. The first-order valence-corrected chi connectivity index (χ1v) is 9.59. The molecule has 0 aliphatic heterocycles. The van der Waals surface area contributed by atoms with Gasteiger partial charge in [0.15, 0.2) is 18.1 Å². The Labute approximate surface area is 174 Å². The van der Waals surface area contributed by atoms with E-state index in [0.717, 1.165) is 6.42 Å². The van der Waals surface area contributed by atoms with Crippen molar-refractivity contribution in [2.24, 2.45) is 5.16 Å². The molecule has 150 valence electrons. The topological polar surface area (TPSA) is 69.2 Å². The summed E-state index contributed by atoms with van der Waals surface area (Å²) in [5, 5.41) is 7.50. The van der Waals surface area contributed by atoms with Crippen LogP contribution in [0, 0.1) is 0 Å². The summed E-state index contributed by atoms with van der Waals surface area (Å²) in [5.74, 6) is 0.701. The van der Waals surface area contributed by atoms with Crippen molar-refractivity contribution in [1.82, 2.24) is 0 Å². The number of nitrogens with zero attached hydrogens (tertiary/aromatic N) is 1. The summed E-state index contributed by atoms with van der Waals surface area (Å²) >= 11 is 12.1. The third-order valence-corrected chi connectivity index (χ3v) is 3.91. The average Bonchev–Trinajstić information content (AvgIpc) is 2.67. The van der Waals surface area contributed by atoms with Crippen molar-refractivity contribution in [3.63, 3.8) is 0 Å². The van der Waals surface area contributed by atoms with Gasteiger partial charge in [0, 0.05) is 16.3 Å². The van der Waals surface area contributed by atoms with E-state index >= 15 is 0 Å². The summed E-state index contributed by atoms with van der Waals surface area (Å²) in [5.41, 5.74) is 1.29. The number of rotatable bonds is 10. The Hall–Kier alpha value is -2.44. The molecule has 0 radical (unpaired) electrons. The van der Waals surface area contributed by atoms with Crippen LogP contribution in [-0.2, 0) is 9.63 Å². The number of carbonyl (C=O) groups excluding carboxylic acids is 1. The van der Waals surface area contributed by atoms with E-state index in [4.69, 9.17) is 37.5 Å². The van der Waals surface area contributed by atoms with Crippen molar-refractivity contribution in [2.75, 3.05) is 25.1 Å². The van der Waals surface area contributed by atoms with Crippen molar-refractivity contribution in [3.05, 3.63) is 52.0 Å². The second kappa shape index (κ2) is 11.4. The molecule has 0 aliphatic carbocycles. The predicted molar refractivity (Wildman–Crippen MR) is 112 cm³/mol. The van der Waals surface area contributed by atoms with Gasteiger partial charge in [0.2, 0.25) is 0 Å².